The summed E-state index contributed by atoms with van der Waals surface area (Å²) in [5.41, 5.74) is 3.10. The number of amides is 1. The van der Waals surface area contributed by atoms with Crippen LogP contribution >= 0.6 is 11.6 Å². The van der Waals surface area contributed by atoms with E-state index in [1.807, 2.05) is 43.4 Å². The zero-order valence-corrected chi connectivity index (χ0v) is 14.1. The number of aryl methyl sites for hydroxylation is 1. The van der Waals surface area contributed by atoms with Gasteiger partial charge in [-0.05, 0) is 12.1 Å². The van der Waals surface area contributed by atoms with Crippen LogP contribution in [0.2, 0.25) is 5.15 Å². The third-order valence-corrected chi connectivity index (χ3v) is 4.15. The number of anilines is 2. The van der Waals surface area contributed by atoms with Gasteiger partial charge in [-0.15, -0.1) is 0 Å². The van der Waals surface area contributed by atoms with E-state index in [4.69, 9.17) is 11.6 Å². The summed E-state index contributed by atoms with van der Waals surface area (Å²) < 4.78 is 1.73. The Hall–Kier alpha value is -3.12. The predicted octanol–water partition coefficient (Wildman–Crippen LogP) is 3.54. The van der Waals surface area contributed by atoms with Crippen LogP contribution in [0.4, 0.5) is 11.6 Å². The Labute approximate surface area is 149 Å². The van der Waals surface area contributed by atoms with Crippen molar-refractivity contribution in [1.29, 1.82) is 0 Å². The van der Waals surface area contributed by atoms with Crippen LogP contribution in [-0.2, 0) is 11.8 Å². The van der Waals surface area contributed by atoms with E-state index < -0.39 is 0 Å². The fraction of sp³-hybridized carbons (Fsp3) is 0.0556. The molecular formula is C18H14ClN5O. The average molecular weight is 352 g/mol. The molecule has 7 heteroatoms. The van der Waals surface area contributed by atoms with Crippen molar-refractivity contribution < 1.29 is 4.79 Å². The second kappa shape index (κ2) is 6.07. The van der Waals surface area contributed by atoms with Crippen molar-refractivity contribution in [1.82, 2.24) is 14.8 Å². The first-order valence-electron chi connectivity index (χ1n) is 7.66. The SMILES string of the molecule is Cn1nc(-c2ccccc2)cc1NC=C1C(=O)Nc2nc(Cl)ccc21. The van der Waals surface area contributed by atoms with Crippen LogP contribution in [0.1, 0.15) is 5.56 Å². The molecule has 1 aliphatic rings. The summed E-state index contributed by atoms with van der Waals surface area (Å²) in [6.45, 7) is 0. The standard InChI is InChI=1S/C18H14ClN5O/c1-24-16(9-14(23-24)11-5-3-2-4-6-11)20-10-13-12-7-8-15(19)21-17(12)22-18(13)25/h2-10,20H,1H3,(H,21,22,25). The number of fused-ring (bicyclic) bond motifs is 1. The smallest absolute Gasteiger partial charge is 0.259 e. The van der Waals surface area contributed by atoms with Gasteiger partial charge in [0.1, 0.15) is 16.8 Å². The third kappa shape index (κ3) is 2.88. The normalized spacial score (nSPS) is 14.5. The summed E-state index contributed by atoms with van der Waals surface area (Å²) in [6.07, 6.45) is 1.66. The number of rotatable bonds is 3. The van der Waals surface area contributed by atoms with Crippen molar-refractivity contribution in [3.05, 3.63) is 65.4 Å². The maximum Gasteiger partial charge on any atom is 0.259 e. The number of pyridine rings is 1. The van der Waals surface area contributed by atoms with Gasteiger partial charge in [-0.2, -0.15) is 5.10 Å². The van der Waals surface area contributed by atoms with Crippen LogP contribution in [0.5, 0.6) is 0 Å². The second-order valence-electron chi connectivity index (χ2n) is 5.59. The van der Waals surface area contributed by atoms with Gasteiger partial charge in [-0.3, -0.25) is 9.48 Å². The Balaban J connectivity index is 1.63. The molecule has 6 nitrogen and oxygen atoms in total. The first-order chi connectivity index (χ1) is 12.1. The summed E-state index contributed by atoms with van der Waals surface area (Å²) in [5.74, 6) is 1.03. The van der Waals surface area contributed by atoms with Gasteiger partial charge in [0.25, 0.3) is 5.91 Å². The number of nitrogens with one attached hydrogen (secondary N) is 2. The van der Waals surface area contributed by atoms with E-state index in [1.165, 1.54) is 0 Å². The largest absolute Gasteiger partial charge is 0.346 e. The number of carbonyl (C=O) groups excluding carboxylic acids is 1. The van der Waals surface area contributed by atoms with Gasteiger partial charge in [-0.1, -0.05) is 41.9 Å². The van der Waals surface area contributed by atoms with E-state index in [-0.39, 0.29) is 5.91 Å². The highest BCUT2D eigenvalue weighted by atomic mass is 35.5. The Morgan fingerprint density at radius 3 is 2.80 bits per heavy atom. The summed E-state index contributed by atoms with van der Waals surface area (Å²) >= 11 is 5.86. The van der Waals surface area contributed by atoms with Crippen LogP contribution in [0, 0.1) is 0 Å². The molecule has 0 aliphatic carbocycles. The predicted molar refractivity (Wildman–Crippen MR) is 98.1 cm³/mol. The lowest BCUT2D eigenvalue weighted by Gasteiger charge is -2.02. The molecule has 4 rings (SSSR count). The Kier molecular flexibility index (Phi) is 3.74. The molecule has 0 bridgehead atoms. The molecule has 0 spiro atoms. The molecule has 124 valence electrons. The van der Waals surface area contributed by atoms with E-state index in [2.05, 4.69) is 20.7 Å². The molecule has 0 fully saturated rings. The molecule has 0 saturated carbocycles. The van der Waals surface area contributed by atoms with Crippen molar-refractivity contribution >= 4 is 34.7 Å². The maximum absolute atomic E-state index is 12.2. The van der Waals surface area contributed by atoms with Crippen LogP contribution in [-0.4, -0.2) is 20.7 Å². The van der Waals surface area contributed by atoms with Gasteiger partial charge in [0.05, 0.1) is 11.3 Å². The highest BCUT2D eigenvalue weighted by molar-refractivity contribution is 6.33. The van der Waals surface area contributed by atoms with Crippen LogP contribution < -0.4 is 10.6 Å². The molecule has 1 aromatic carbocycles. The van der Waals surface area contributed by atoms with E-state index in [0.717, 1.165) is 17.1 Å². The minimum atomic E-state index is -0.220. The average Bonchev–Trinajstić information content (AvgIpc) is 3.12. The molecule has 2 N–H and O–H groups in total. The van der Waals surface area contributed by atoms with Crippen LogP contribution in [0.25, 0.3) is 16.8 Å². The lowest BCUT2D eigenvalue weighted by molar-refractivity contribution is -0.110. The fourth-order valence-electron chi connectivity index (χ4n) is 2.69. The Bertz CT molecular complexity index is 994. The molecular weight excluding hydrogens is 338 g/mol. The Morgan fingerprint density at radius 1 is 1.20 bits per heavy atom. The van der Waals surface area contributed by atoms with Gasteiger partial charge in [0.15, 0.2) is 0 Å². The summed E-state index contributed by atoms with van der Waals surface area (Å²) in [7, 11) is 1.84. The van der Waals surface area contributed by atoms with Crippen molar-refractivity contribution in [3.8, 4) is 11.3 Å². The first kappa shape index (κ1) is 15.4. The van der Waals surface area contributed by atoms with Crippen molar-refractivity contribution in [2.45, 2.75) is 0 Å². The van der Waals surface area contributed by atoms with Crippen LogP contribution in [0.15, 0.2) is 54.7 Å². The monoisotopic (exact) mass is 351 g/mol. The molecule has 0 unspecified atom stereocenters. The highest BCUT2D eigenvalue weighted by Crippen LogP contribution is 2.31. The van der Waals surface area contributed by atoms with Gasteiger partial charge in [0.2, 0.25) is 0 Å². The minimum Gasteiger partial charge on any atom is -0.346 e. The lowest BCUT2D eigenvalue weighted by Crippen LogP contribution is -2.06. The summed E-state index contributed by atoms with van der Waals surface area (Å²) in [4.78, 5) is 16.3. The van der Waals surface area contributed by atoms with Crippen molar-refractivity contribution in [2.24, 2.45) is 7.05 Å². The van der Waals surface area contributed by atoms with Crippen molar-refractivity contribution in [2.75, 3.05) is 10.6 Å². The fourth-order valence-corrected chi connectivity index (χ4v) is 2.83. The molecule has 0 radical (unpaired) electrons. The summed E-state index contributed by atoms with van der Waals surface area (Å²) in [5, 5.41) is 10.7. The van der Waals surface area contributed by atoms with Gasteiger partial charge >= 0.3 is 0 Å². The van der Waals surface area contributed by atoms with Crippen molar-refractivity contribution in [3.63, 3.8) is 0 Å². The van der Waals surface area contributed by atoms with Gasteiger partial charge in [-0.25, -0.2) is 4.98 Å². The number of nitrogens with zero attached hydrogens (tertiary/aromatic N) is 3. The maximum atomic E-state index is 12.2. The van der Waals surface area contributed by atoms with Gasteiger partial charge in [0, 0.05) is 30.4 Å². The molecule has 25 heavy (non-hydrogen) atoms. The number of carbonyl (C=O) groups is 1. The molecule has 3 heterocycles. The highest BCUT2D eigenvalue weighted by Gasteiger charge is 2.25. The zero-order valence-electron chi connectivity index (χ0n) is 13.3. The zero-order chi connectivity index (χ0) is 17.4. The third-order valence-electron chi connectivity index (χ3n) is 3.94. The number of benzene rings is 1. The van der Waals surface area contributed by atoms with Crippen LogP contribution in [0.3, 0.4) is 0 Å². The second-order valence-corrected chi connectivity index (χ2v) is 5.98. The van der Waals surface area contributed by atoms with Gasteiger partial charge < -0.3 is 10.6 Å². The lowest BCUT2D eigenvalue weighted by atomic mass is 10.1. The van der Waals surface area contributed by atoms with E-state index in [0.29, 0.717) is 22.1 Å². The van der Waals surface area contributed by atoms with E-state index in [1.54, 1.807) is 23.0 Å². The topological polar surface area (TPSA) is 71.8 Å². The van der Waals surface area contributed by atoms with E-state index in [9.17, 15) is 4.79 Å². The summed E-state index contributed by atoms with van der Waals surface area (Å²) in [6, 6.07) is 15.3. The number of hydrogen-bond donors (Lipinski definition) is 2. The number of halogens is 1. The molecule has 2 aromatic heterocycles. The quantitative estimate of drug-likeness (QED) is 0.559. The Morgan fingerprint density at radius 2 is 2.00 bits per heavy atom. The molecule has 1 amide bonds. The molecule has 3 aromatic rings. The minimum absolute atomic E-state index is 0.220. The number of hydrogen-bond acceptors (Lipinski definition) is 4. The molecule has 1 aliphatic heterocycles. The van der Waals surface area contributed by atoms with E-state index >= 15 is 0 Å². The first-order valence-corrected chi connectivity index (χ1v) is 8.04. The number of aromatic nitrogens is 3. The molecule has 0 saturated heterocycles. The molecule has 0 atom stereocenters.